The van der Waals surface area contributed by atoms with Gasteiger partial charge < -0.3 is 9.47 Å². The van der Waals surface area contributed by atoms with Gasteiger partial charge in [0, 0.05) is 25.8 Å². The number of hydrogen-bond acceptors (Lipinski definition) is 4. The first-order valence-electron chi connectivity index (χ1n) is 11.3. The molecule has 0 aliphatic carbocycles. The van der Waals surface area contributed by atoms with Crippen molar-refractivity contribution in [3.05, 3.63) is 100 Å². The lowest BCUT2D eigenvalue weighted by Gasteiger charge is -2.21. The molecule has 0 radical (unpaired) electrons. The van der Waals surface area contributed by atoms with Crippen molar-refractivity contribution in [1.29, 1.82) is 0 Å². The predicted molar refractivity (Wildman–Crippen MR) is 132 cm³/mol. The molecule has 1 fully saturated rings. The molecule has 4 aromatic rings. The van der Waals surface area contributed by atoms with Crippen LogP contribution in [-0.4, -0.2) is 26.1 Å². The molecule has 3 aromatic carbocycles. The number of hydrogen-bond donors (Lipinski definition) is 0. The summed E-state index contributed by atoms with van der Waals surface area (Å²) in [5.41, 5.74) is 2.33. The third-order valence-electron chi connectivity index (χ3n) is 6.38. The lowest BCUT2D eigenvalue weighted by Crippen LogP contribution is -2.22. The molecule has 0 unspecified atom stereocenters. The maximum Gasteiger partial charge on any atom is 0.211 e. The first kappa shape index (κ1) is 22.3. The summed E-state index contributed by atoms with van der Waals surface area (Å²) >= 11 is 0. The van der Waals surface area contributed by atoms with Gasteiger partial charge in [-0.2, -0.15) is 0 Å². The zero-order chi connectivity index (χ0) is 23.9. The van der Waals surface area contributed by atoms with Crippen molar-refractivity contribution in [3.8, 4) is 0 Å². The SMILES string of the molecule is Cc1ccc(Cn2cc(S(=O)(=O)c3ccccc3)c(=O)c3cc(F)c(N4CCCC4)cc32)cc1. The first-order valence-corrected chi connectivity index (χ1v) is 12.8. The Morgan fingerprint density at radius 3 is 2.29 bits per heavy atom. The maximum absolute atomic E-state index is 15.2. The van der Waals surface area contributed by atoms with Gasteiger partial charge in [-0.3, -0.25) is 4.79 Å². The summed E-state index contributed by atoms with van der Waals surface area (Å²) in [5, 5.41) is 0.0598. The van der Waals surface area contributed by atoms with Crippen LogP contribution in [0.1, 0.15) is 24.0 Å². The molecule has 2 heterocycles. The number of rotatable bonds is 5. The zero-order valence-electron chi connectivity index (χ0n) is 18.9. The summed E-state index contributed by atoms with van der Waals surface area (Å²) in [4.78, 5) is 15.1. The number of aromatic nitrogens is 1. The fraction of sp³-hybridized carbons (Fsp3) is 0.222. The number of fused-ring (bicyclic) bond motifs is 1. The van der Waals surface area contributed by atoms with Crippen molar-refractivity contribution in [2.24, 2.45) is 0 Å². The van der Waals surface area contributed by atoms with Gasteiger partial charge in [0.25, 0.3) is 0 Å². The van der Waals surface area contributed by atoms with Gasteiger partial charge in [0.2, 0.25) is 15.3 Å². The average molecular weight is 477 g/mol. The monoisotopic (exact) mass is 476 g/mol. The van der Waals surface area contributed by atoms with Crippen LogP contribution in [0.15, 0.2) is 87.5 Å². The maximum atomic E-state index is 15.2. The Kier molecular flexibility index (Phi) is 5.73. The molecule has 1 saturated heterocycles. The molecule has 0 spiro atoms. The van der Waals surface area contributed by atoms with Gasteiger partial charge in [0.15, 0.2) is 0 Å². The molecule has 7 heteroatoms. The minimum absolute atomic E-state index is 0.0301. The zero-order valence-corrected chi connectivity index (χ0v) is 19.7. The van der Waals surface area contributed by atoms with Crippen LogP contribution in [0.3, 0.4) is 0 Å². The fourth-order valence-corrected chi connectivity index (χ4v) is 5.90. The number of aryl methyl sites for hydroxylation is 1. The first-order chi connectivity index (χ1) is 16.3. The summed E-state index contributed by atoms with van der Waals surface area (Å²) in [6.45, 7) is 3.85. The normalized spacial score (nSPS) is 14.1. The molecular weight excluding hydrogens is 451 g/mol. The molecule has 1 aromatic heterocycles. The molecular formula is C27H25FN2O3S. The van der Waals surface area contributed by atoms with Gasteiger partial charge in [-0.05, 0) is 49.6 Å². The molecule has 1 aliphatic heterocycles. The largest absolute Gasteiger partial charge is 0.369 e. The van der Waals surface area contributed by atoms with Gasteiger partial charge in [0.05, 0.1) is 21.5 Å². The van der Waals surface area contributed by atoms with E-state index in [9.17, 15) is 13.2 Å². The molecule has 5 rings (SSSR count). The smallest absolute Gasteiger partial charge is 0.211 e. The second-order valence-electron chi connectivity index (χ2n) is 8.77. The van der Waals surface area contributed by atoms with Crippen molar-refractivity contribution < 1.29 is 12.8 Å². The summed E-state index contributed by atoms with van der Waals surface area (Å²) < 4.78 is 43.7. The van der Waals surface area contributed by atoms with Crippen molar-refractivity contribution in [2.75, 3.05) is 18.0 Å². The van der Waals surface area contributed by atoms with Crippen molar-refractivity contribution >= 4 is 26.4 Å². The van der Waals surface area contributed by atoms with E-state index in [0.29, 0.717) is 17.7 Å². The van der Waals surface area contributed by atoms with Gasteiger partial charge in [-0.15, -0.1) is 0 Å². The highest BCUT2D eigenvalue weighted by atomic mass is 32.2. The van der Waals surface area contributed by atoms with E-state index >= 15 is 4.39 Å². The summed E-state index contributed by atoms with van der Waals surface area (Å²) in [6.07, 6.45) is 3.38. The van der Waals surface area contributed by atoms with Crippen molar-refractivity contribution in [1.82, 2.24) is 4.57 Å². The molecule has 0 saturated carbocycles. The van der Waals surface area contributed by atoms with E-state index in [1.54, 1.807) is 28.8 Å². The molecule has 1 aliphatic rings. The highest BCUT2D eigenvalue weighted by molar-refractivity contribution is 7.91. The Morgan fingerprint density at radius 2 is 1.62 bits per heavy atom. The third kappa shape index (κ3) is 4.01. The molecule has 34 heavy (non-hydrogen) atoms. The molecule has 0 bridgehead atoms. The molecule has 0 N–H and O–H groups in total. The fourth-order valence-electron chi connectivity index (χ4n) is 4.51. The summed E-state index contributed by atoms with van der Waals surface area (Å²) in [5.74, 6) is -0.511. The highest BCUT2D eigenvalue weighted by Gasteiger charge is 2.25. The molecule has 0 atom stereocenters. The number of sulfone groups is 1. The number of anilines is 1. The molecule has 174 valence electrons. The van der Waals surface area contributed by atoms with Gasteiger partial charge >= 0.3 is 0 Å². The summed E-state index contributed by atoms with van der Waals surface area (Å²) in [6, 6.07) is 18.6. The van der Waals surface area contributed by atoms with Crippen LogP contribution in [0.25, 0.3) is 10.9 Å². The van der Waals surface area contributed by atoms with E-state index in [4.69, 9.17) is 0 Å². The van der Waals surface area contributed by atoms with E-state index in [1.165, 1.54) is 24.4 Å². The Bertz CT molecular complexity index is 1520. The van der Waals surface area contributed by atoms with Crippen LogP contribution in [-0.2, 0) is 16.4 Å². The average Bonchev–Trinajstić information content (AvgIpc) is 3.37. The predicted octanol–water partition coefficient (Wildman–Crippen LogP) is 4.93. The molecule has 5 nitrogen and oxygen atoms in total. The van der Waals surface area contributed by atoms with E-state index in [0.717, 1.165) is 37.1 Å². The van der Waals surface area contributed by atoms with Crippen LogP contribution in [0, 0.1) is 12.7 Å². The van der Waals surface area contributed by atoms with Crippen LogP contribution >= 0.6 is 0 Å². The number of halogens is 1. The van der Waals surface area contributed by atoms with E-state index in [2.05, 4.69) is 0 Å². The molecule has 0 amide bonds. The van der Waals surface area contributed by atoms with E-state index in [1.807, 2.05) is 36.1 Å². The van der Waals surface area contributed by atoms with Crippen molar-refractivity contribution in [3.63, 3.8) is 0 Å². The lowest BCUT2D eigenvalue weighted by molar-refractivity contribution is 0.593. The Labute approximate surface area is 198 Å². The number of nitrogens with zero attached hydrogens (tertiary/aromatic N) is 2. The van der Waals surface area contributed by atoms with E-state index in [-0.39, 0.29) is 15.2 Å². The second kappa shape index (κ2) is 8.72. The quantitative estimate of drug-likeness (QED) is 0.410. The van der Waals surface area contributed by atoms with Gasteiger partial charge in [-0.25, -0.2) is 12.8 Å². The number of benzene rings is 3. The van der Waals surface area contributed by atoms with E-state index < -0.39 is 21.1 Å². The lowest BCUT2D eigenvalue weighted by atomic mass is 10.1. The van der Waals surface area contributed by atoms with Crippen LogP contribution < -0.4 is 10.3 Å². The van der Waals surface area contributed by atoms with Crippen LogP contribution in [0.5, 0.6) is 0 Å². The number of pyridine rings is 1. The van der Waals surface area contributed by atoms with Crippen LogP contribution in [0.4, 0.5) is 10.1 Å². The minimum atomic E-state index is -4.09. The van der Waals surface area contributed by atoms with Gasteiger partial charge in [0.1, 0.15) is 10.7 Å². The standard InChI is InChI=1S/C27H25FN2O3S/c1-19-9-11-20(12-10-19)17-30-18-26(34(32,33)21-7-3-2-4-8-21)27(31)22-15-23(28)25(16-24(22)30)29-13-5-6-14-29/h2-4,7-12,15-16,18H,5-6,13-14,17H2,1H3. The topological polar surface area (TPSA) is 59.4 Å². The third-order valence-corrected chi connectivity index (χ3v) is 8.14. The highest BCUT2D eigenvalue weighted by Crippen LogP contribution is 2.29. The minimum Gasteiger partial charge on any atom is -0.369 e. The van der Waals surface area contributed by atoms with Crippen molar-refractivity contribution in [2.45, 2.75) is 36.1 Å². The van der Waals surface area contributed by atoms with Gasteiger partial charge in [-0.1, -0.05) is 48.0 Å². The Morgan fingerprint density at radius 1 is 0.941 bits per heavy atom. The Hall–Kier alpha value is -3.45. The second-order valence-corrected chi connectivity index (χ2v) is 10.7. The Balaban J connectivity index is 1.76. The van der Waals surface area contributed by atoms with Crippen LogP contribution in [0.2, 0.25) is 0 Å². The summed E-state index contributed by atoms with van der Waals surface area (Å²) in [7, 11) is -4.09.